The molecule has 76 valence electrons. The first-order valence-corrected chi connectivity index (χ1v) is 4.83. The summed E-state index contributed by atoms with van der Waals surface area (Å²) in [6, 6.07) is 0.118. The topological polar surface area (TPSA) is 38.5 Å². The summed E-state index contributed by atoms with van der Waals surface area (Å²) in [5.41, 5.74) is 6.99. The molecule has 0 aromatic heterocycles. The maximum Gasteiger partial charge on any atom is 0.0850 e. The molecule has 0 aliphatic carbocycles. The van der Waals surface area contributed by atoms with Gasteiger partial charge in [0.15, 0.2) is 0 Å². The molecule has 2 unspecified atom stereocenters. The number of nitrogens with zero attached hydrogens (tertiary/aromatic N) is 1. The third-order valence-corrected chi connectivity index (χ3v) is 2.26. The van der Waals surface area contributed by atoms with Crippen LogP contribution in [0.25, 0.3) is 0 Å². The molecular formula is C10H20N2O. The summed E-state index contributed by atoms with van der Waals surface area (Å²) < 4.78 is 5.55. The Morgan fingerprint density at radius 1 is 1.77 bits per heavy atom. The zero-order valence-corrected chi connectivity index (χ0v) is 8.62. The van der Waals surface area contributed by atoms with Crippen LogP contribution in [0, 0.1) is 0 Å². The molecule has 0 aromatic rings. The Morgan fingerprint density at radius 2 is 2.46 bits per heavy atom. The molecular weight excluding hydrogens is 164 g/mol. The Morgan fingerprint density at radius 3 is 3.00 bits per heavy atom. The van der Waals surface area contributed by atoms with Crippen LogP contribution in [0.2, 0.25) is 0 Å². The number of morpholine rings is 1. The van der Waals surface area contributed by atoms with E-state index in [1.54, 1.807) is 0 Å². The van der Waals surface area contributed by atoms with Crippen LogP contribution in [0.4, 0.5) is 0 Å². The summed E-state index contributed by atoms with van der Waals surface area (Å²) >= 11 is 0. The number of hydrogen-bond acceptors (Lipinski definition) is 3. The Kier molecular flexibility index (Phi) is 3.90. The molecule has 1 heterocycles. The van der Waals surface area contributed by atoms with Crippen molar-refractivity contribution in [3.63, 3.8) is 0 Å². The fraction of sp³-hybridized carbons (Fsp3) is 0.800. The van der Waals surface area contributed by atoms with Crippen molar-refractivity contribution in [3.8, 4) is 0 Å². The monoisotopic (exact) mass is 184 g/mol. The highest BCUT2D eigenvalue weighted by Gasteiger charge is 2.22. The summed E-state index contributed by atoms with van der Waals surface area (Å²) in [6.07, 6.45) is 0.188. The third-order valence-electron chi connectivity index (χ3n) is 2.26. The van der Waals surface area contributed by atoms with E-state index < -0.39 is 0 Å². The van der Waals surface area contributed by atoms with Gasteiger partial charge in [-0.25, -0.2) is 0 Å². The molecule has 13 heavy (non-hydrogen) atoms. The van der Waals surface area contributed by atoms with E-state index in [-0.39, 0.29) is 12.1 Å². The minimum absolute atomic E-state index is 0.118. The predicted octanol–water partition coefficient (Wildman–Crippen LogP) is 0.611. The van der Waals surface area contributed by atoms with Crippen molar-refractivity contribution < 1.29 is 4.74 Å². The molecule has 1 rings (SSSR count). The number of ether oxygens (including phenoxy) is 1. The quantitative estimate of drug-likeness (QED) is 0.653. The van der Waals surface area contributed by atoms with Crippen LogP contribution in [0.5, 0.6) is 0 Å². The van der Waals surface area contributed by atoms with E-state index in [1.807, 2.05) is 6.92 Å². The lowest BCUT2D eigenvalue weighted by Gasteiger charge is -2.34. The third kappa shape index (κ3) is 3.46. The highest BCUT2D eigenvalue weighted by Crippen LogP contribution is 2.08. The first kappa shape index (κ1) is 10.7. The van der Waals surface area contributed by atoms with Gasteiger partial charge in [-0.2, -0.15) is 0 Å². The fourth-order valence-electron chi connectivity index (χ4n) is 1.58. The second-order valence-corrected chi connectivity index (χ2v) is 3.96. The van der Waals surface area contributed by atoms with Crippen LogP contribution in [0.3, 0.4) is 0 Å². The summed E-state index contributed by atoms with van der Waals surface area (Å²) in [4.78, 5) is 2.35. The van der Waals surface area contributed by atoms with E-state index in [9.17, 15) is 0 Å². The lowest BCUT2D eigenvalue weighted by Crippen LogP contribution is -2.49. The minimum atomic E-state index is 0.118. The molecule has 3 heteroatoms. The van der Waals surface area contributed by atoms with Crippen LogP contribution < -0.4 is 5.73 Å². The average Bonchev–Trinajstić information content (AvgIpc) is 2.03. The van der Waals surface area contributed by atoms with Gasteiger partial charge in [0.25, 0.3) is 0 Å². The Balaban J connectivity index is 2.37. The van der Waals surface area contributed by atoms with Crippen molar-refractivity contribution >= 4 is 0 Å². The molecule has 1 fully saturated rings. The van der Waals surface area contributed by atoms with Gasteiger partial charge in [0.1, 0.15) is 0 Å². The van der Waals surface area contributed by atoms with Crippen LogP contribution in [0.15, 0.2) is 12.2 Å². The first-order chi connectivity index (χ1) is 6.09. The summed E-state index contributed by atoms with van der Waals surface area (Å²) in [7, 11) is 0. The zero-order chi connectivity index (χ0) is 9.84. The molecule has 0 spiro atoms. The SMILES string of the molecule is C=C(C)CN1CCOC(C(C)N)C1. The summed E-state index contributed by atoms with van der Waals surface area (Å²) in [5.74, 6) is 0. The highest BCUT2D eigenvalue weighted by atomic mass is 16.5. The van der Waals surface area contributed by atoms with Gasteiger partial charge in [-0.05, 0) is 13.8 Å². The maximum absolute atomic E-state index is 5.79. The molecule has 1 aliphatic heterocycles. The second kappa shape index (κ2) is 4.74. The van der Waals surface area contributed by atoms with Crippen molar-refractivity contribution in [2.75, 3.05) is 26.2 Å². The van der Waals surface area contributed by atoms with Gasteiger partial charge >= 0.3 is 0 Å². The van der Waals surface area contributed by atoms with E-state index in [0.29, 0.717) is 0 Å². The van der Waals surface area contributed by atoms with Gasteiger partial charge in [-0.1, -0.05) is 12.2 Å². The normalized spacial score (nSPS) is 27.2. The summed E-state index contributed by atoms with van der Waals surface area (Å²) in [6.45, 7) is 11.6. The smallest absolute Gasteiger partial charge is 0.0850 e. The molecule has 0 saturated carbocycles. The molecule has 0 radical (unpaired) electrons. The van der Waals surface area contributed by atoms with Gasteiger partial charge < -0.3 is 10.5 Å². The van der Waals surface area contributed by atoms with E-state index in [0.717, 1.165) is 26.2 Å². The van der Waals surface area contributed by atoms with Crippen molar-refractivity contribution in [1.82, 2.24) is 4.90 Å². The highest BCUT2D eigenvalue weighted by molar-refractivity contribution is 4.93. The fourth-order valence-corrected chi connectivity index (χ4v) is 1.58. The standard InChI is InChI=1S/C10H20N2O/c1-8(2)6-12-4-5-13-10(7-12)9(3)11/h9-10H,1,4-7,11H2,2-3H3. The van der Waals surface area contributed by atoms with E-state index in [1.165, 1.54) is 5.57 Å². The number of hydrogen-bond donors (Lipinski definition) is 1. The van der Waals surface area contributed by atoms with E-state index in [2.05, 4.69) is 18.4 Å². The van der Waals surface area contributed by atoms with Crippen LogP contribution in [0.1, 0.15) is 13.8 Å². The van der Waals surface area contributed by atoms with Crippen molar-refractivity contribution in [3.05, 3.63) is 12.2 Å². The van der Waals surface area contributed by atoms with Gasteiger partial charge in [-0.15, -0.1) is 0 Å². The predicted molar refractivity (Wildman–Crippen MR) is 54.6 cm³/mol. The Bertz CT molecular complexity index is 180. The minimum Gasteiger partial charge on any atom is -0.374 e. The van der Waals surface area contributed by atoms with Crippen LogP contribution in [-0.4, -0.2) is 43.3 Å². The lowest BCUT2D eigenvalue weighted by molar-refractivity contribution is -0.0346. The average molecular weight is 184 g/mol. The molecule has 3 nitrogen and oxygen atoms in total. The molecule has 0 bridgehead atoms. The largest absolute Gasteiger partial charge is 0.374 e. The second-order valence-electron chi connectivity index (χ2n) is 3.96. The van der Waals surface area contributed by atoms with Crippen molar-refractivity contribution in [2.45, 2.75) is 26.0 Å². The van der Waals surface area contributed by atoms with Gasteiger partial charge in [-0.3, -0.25) is 4.90 Å². The molecule has 0 aromatic carbocycles. The first-order valence-electron chi connectivity index (χ1n) is 4.83. The van der Waals surface area contributed by atoms with Gasteiger partial charge in [0.05, 0.1) is 12.7 Å². The van der Waals surface area contributed by atoms with Crippen LogP contribution in [-0.2, 0) is 4.74 Å². The molecule has 1 saturated heterocycles. The van der Waals surface area contributed by atoms with Crippen molar-refractivity contribution in [2.24, 2.45) is 5.73 Å². The maximum atomic E-state index is 5.79. The van der Waals surface area contributed by atoms with E-state index in [4.69, 9.17) is 10.5 Å². The Labute approximate surface area is 80.5 Å². The van der Waals surface area contributed by atoms with Crippen molar-refractivity contribution in [1.29, 1.82) is 0 Å². The molecule has 0 amide bonds. The molecule has 1 aliphatic rings. The van der Waals surface area contributed by atoms with Gasteiger partial charge in [0.2, 0.25) is 0 Å². The zero-order valence-electron chi connectivity index (χ0n) is 8.62. The van der Waals surface area contributed by atoms with E-state index >= 15 is 0 Å². The molecule has 2 atom stereocenters. The molecule has 2 N–H and O–H groups in total. The van der Waals surface area contributed by atoms with Crippen LogP contribution >= 0.6 is 0 Å². The summed E-state index contributed by atoms with van der Waals surface area (Å²) in [5, 5.41) is 0. The number of nitrogens with two attached hydrogens (primary N) is 1. The van der Waals surface area contributed by atoms with Gasteiger partial charge in [0, 0.05) is 25.7 Å². The Hall–Kier alpha value is -0.380. The lowest BCUT2D eigenvalue weighted by atomic mass is 10.1. The number of rotatable bonds is 3.